The molecule has 0 saturated heterocycles. The van der Waals surface area contributed by atoms with Crippen molar-refractivity contribution in [1.29, 1.82) is 0 Å². The Balaban J connectivity index is 1.65. The summed E-state index contributed by atoms with van der Waals surface area (Å²) >= 11 is 7.29. The minimum Gasteiger partial charge on any atom is -0.461 e. The SMILES string of the molecule is CCOC(=O)c1csc(NC(=O)c2cnn(Cc3ccccc3Cl)c2)n1. The van der Waals surface area contributed by atoms with Gasteiger partial charge >= 0.3 is 5.97 Å². The topological polar surface area (TPSA) is 86.1 Å². The quantitative estimate of drug-likeness (QED) is 0.651. The molecule has 2 heterocycles. The minimum atomic E-state index is -0.517. The molecule has 0 fully saturated rings. The summed E-state index contributed by atoms with van der Waals surface area (Å²) in [5.74, 6) is -0.878. The maximum absolute atomic E-state index is 12.3. The van der Waals surface area contributed by atoms with Gasteiger partial charge in [0.1, 0.15) is 0 Å². The molecule has 1 aromatic carbocycles. The van der Waals surface area contributed by atoms with E-state index < -0.39 is 5.97 Å². The molecule has 0 unspecified atom stereocenters. The molecule has 0 spiro atoms. The van der Waals surface area contributed by atoms with Gasteiger partial charge in [-0.3, -0.25) is 14.8 Å². The molecule has 7 nitrogen and oxygen atoms in total. The number of nitrogens with zero attached hydrogens (tertiary/aromatic N) is 3. The number of rotatable bonds is 6. The molecule has 0 aliphatic carbocycles. The van der Waals surface area contributed by atoms with E-state index in [1.54, 1.807) is 23.9 Å². The summed E-state index contributed by atoms with van der Waals surface area (Å²) in [5.41, 5.74) is 1.45. The molecule has 1 N–H and O–H groups in total. The summed E-state index contributed by atoms with van der Waals surface area (Å²) in [6.07, 6.45) is 3.09. The van der Waals surface area contributed by atoms with E-state index in [2.05, 4.69) is 15.4 Å². The Labute approximate surface area is 158 Å². The highest BCUT2D eigenvalue weighted by atomic mass is 35.5. The van der Waals surface area contributed by atoms with Crippen LogP contribution in [0.4, 0.5) is 5.13 Å². The second-order valence-electron chi connectivity index (χ2n) is 5.23. The van der Waals surface area contributed by atoms with E-state index in [-0.39, 0.29) is 18.2 Å². The van der Waals surface area contributed by atoms with Crippen LogP contribution in [-0.4, -0.2) is 33.2 Å². The Morgan fingerprint density at radius 1 is 1.35 bits per heavy atom. The molecule has 2 aromatic heterocycles. The predicted octanol–water partition coefficient (Wildman–Crippen LogP) is 3.47. The van der Waals surface area contributed by atoms with Crippen LogP contribution in [0, 0.1) is 0 Å². The first-order valence-corrected chi connectivity index (χ1v) is 9.02. The van der Waals surface area contributed by atoms with Crippen molar-refractivity contribution in [2.24, 2.45) is 0 Å². The van der Waals surface area contributed by atoms with Crippen LogP contribution in [0.2, 0.25) is 5.02 Å². The second kappa shape index (κ2) is 8.11. The van der Waals surface area contributed by atoms with Gasteiger partial charge in [-0.25, -0.2) is 9.78 Å². The molecule has 134 valence electrons. The van der Waals surface area contributed by atoms with E-state index in [1.807, 2.05) is 18.2 Å². The number of amides is 1. The van der Waals surface area contributed by atoms with Crippen molar-refractivity contribution >= 4 is 39.9 Å². The highest BCUT2D eigenvalue weighted by Gasteiger charge is 2.15. The third-order valence-electron chi connectivity index (χ3n) is 3.39. The minimum absolute atomic E-state index is 0.168. The molecule has 1 amide bonds. The van der Waals surface area contributed by atoms with E-state index in [1.165, 1.54) is 11.6 Å². The number of benzene rings is 1. The zero-order valence-corrected chi connectivity index (χ0v) is 15.4. The van der Waals surface area contributed by atoms with Crippen LogP contribution in [0.1, 0.15) is 33.3 Å². The number of thiazole rings is 1. The smallest absolute Gasteiger partial charge is 0.357 e. The number of nitrogens with one attached hydrogen (secondary N) is 1. The summed E-state index contributed by atoms with van der Waals surface area (Å²) in [6.45, 7) is 2.44. The van der Waals surface area contributed by atoms with Crippen molar-refractivity contribution in [3.05, 3.63) is 63.9 Å². The first kappa shape index (κ1) is 18.1. The fraction of sp³-hybridized carbons (Fsp3) is 0.176. The fourth-order valence-electron chi connectivity index (χ4n) is 2.17. The lowest BCUT2D eigenvalue weighted by molar-refractivity contribution is 0.0520. The van der Waals surface area contributed by atoms with Gasteiger partial charge in [-0.05, 0) is 18.6 Å². The van der Waals surface area contributed by atoms with Crippen LogP contribution in [-0.2, 0) is 11.3 Å². The molecule has 0 aliphatic rings. The van der Waals surface area contributed by atoms with E-state index in [0.29, 0.717) is 22.3 Å². The predicted molar refractivity (Wildman–Crippen MR) is 98.8 cm³/mol. The number of aromatic nitrogens is 3. The number of carbonyl (C=O) groups is 2. The van der Waals surface area contributed by atoms with E-state index >= 15 is 0 Å². The van der Waals surface area contributed by atoms with E-state index in [4.69, 9.17) is 16.3 Å². The highest BCUT2D eigenvalue weighted by molar-refractivity contribution is 7.14. The molecule has 0 radical (unpaired) electrons. The molecule has 0 atom stereocenters. The number of carbonyl (C=O) groups excluding carboxylic acids is 2. The number of anilines is 1. The van der Waals surface area contributed by atoms with Gasteiger partial charge < -0.3 is 4.74 Å². The number of esters is 1. The molecule has 0 bridgehead atoms. The molecular formula is C17H15ClN4O3S. The van der Waals surface area contributed by atoms with Gasteiger partial charge in [0.2, 0.25) is 0 Å². The Kier molecular flexibility index (Phi) is 5.65. The molecule has 26 heavy (non-hydrogen) atoms. The first-order chi connectivity index (χ1) is 12.6. The Morgan fingerprint density at radius 2 is 2.15 bits per heavy atom. The van der Waals surface area contributed by atoms with Crippen LogP contribution in [0.3, 0.4) is 0 Å². The number of ether oxygens (including phenoxy) is 1. The maximum Gasteiger partial charge on any atom is 0.357 e. The van der Waals surface area contributed by atoms with E-state index in [9.17, 15) is 9.59 Å². The molecule has 0 saturated carbocycles. The van der Waals surface area contributed by atoms with Crippen molar-refractivity contribution in [2.45, 2.75) is 13.5 Å². The second-order valence-corrected chi connectivity index (χ2v) is 6.50. The summed E-state index contributed by atoms with van der Waals surface area (Å²) < 4.78 is 6.50. The van der Waals surface area contributed by atoms with Gasteiger partial charge in [0.15, 0.2) is 10.8 Å². The Bertz CT molecular complexity index is 937. The molecule has 3 rings (SSSR count). The zero-order valence-electron chi connectivity index (χ0n) is 13.8. The Hall–Kier alpha value is -2.71. The van der Waals surface area contributed by atoms with Crippen molar-refractivity contribution in [3.63, 3.8) is 0 Å². The van der Waals surface area contributed by atoms with Crippen LogP contribution in [0.5, 0.6) is 0 Å². The molecule has 0 aliphatic heterocycles. The molecular weight excluding hydrogens is 376 g/mol. The van der Waals surface area contributed by atoms with Gasteiger partial charge in [0, 0.05) is 16.6 Å². The van der Waals surface area contributed by atoms with Crippen molar-refractivity contribution in [1.82, 2.24) is 14.8 Å². The number of hydrogen-bond acceptors (Lipinski definition) is 6. The van der Waals surface area contributed by atoms with Gasteiger partial charge in [0.25, 0.3) is 5.91 Å². The van der Waals surface area contributed by atoms with Crippen LogP contribution >= 0.6 is 22.9 Å². The van der Waals surface area contributed by atoms with Gasteiger partial charge in [0.05, 0.1) is 24.9 Å². The van der Waals surface area contributed by atoms with Gasteiger partial charge in [-0.15, -0.1) is 11.3 Å². The highest BCUT2D eigenvalue weighted by Crippen LogP contribution is 2.18. The normalized spacial score (nSPS) is 10.5. The van der Waals surface area contributed by atoms with Crippen LogP contribution in [0.25, 0.3) is 0 Å². The van der Waals surface area contributed by atoms with Crippen LogP contribution < -0.4 is 5.32 Å². The van der Waals surface area contributed by atoms with Gasteiger partial charge in [-0.1, -0.05) is 29.8 Å². The maximum atomic E-state index is 12.3. The molecule has 9 heteroatoms. The fourth-order valence-corrected chi connectivity index (χ4v) is 3.04. The van der Waals surface area contributed by atoms with Crippen molar-refractivity contribution < 1.29 is 14.3 Å². The first-order valence-electron chi connectivity index (χ1n) is 7.76. The standard InChI is InChI=1S/C17H15ClN4O3S/c1-2-25-16(24)14-10-26-17(20-14)21-15(23)12-7-19-22(9-12)8-11-5-3-4-6-13(11)18/h3-7,9-10H,2,8H2,1H3,(H,20,21,23). The average molecular weight is 391 g/mol. The lowest BCUT2D eigenvalue weighted by atomic mass is 10.2. The summed E-state index contributed by atoms with van der Waals surface area (Å²) in [6, 6.07) is 7.45. The summed E-state index contributed by atoms with van der Waals surface area (Å²) in [5, 5.41) is 9.32. The molecule has 3 aromatic rings. The largest absolute Gasteiger partial charge is 0.461 e. The lowest BCUT2D eigenvalue weighted by Gasteiger charge is -2.03. The van der Waals surface area contributed by atoms with E-state index in [0.717, 1.165) is 16.9 Å². The zero-order chi connectivity index (χ0) is 18.5. The summed E-state index contributed by atoms with van der Waals surface area (Å²) in [4.78, 5) is 28.0. The lowest BCUT2D eigenvalue weighted by Crippen LogP contribution is -2.12. The monoisotopic (exact) mass is 390 g/mol. The summed E-state index contributed by atoms with van der Waals surface area (Å²) in [7, 11) is 0. The van der Waals surface area contributed by atoms with Crippen molar-refractivity contribution in [3.8, 4) is 0 Å². The van der Waals surface area contributed by atoms with Crippen LogP contribution in [0.15, 0.2) is 42.0 Å². The number of hydrogen-bond donors (Lipinski definition) is 1. The Morgan fingerprint density at radius 3 is 2.92 bits per heavy atom. The third kappa shape index (κ3) is 4.27. The van der Waals surface area contributed by atoms with Crippen molar-refractivity contribution in [2.75, 3.05) is 11.9 Å². The third-order valence-corrected chi connectivity index (χ3v) is 4.52. The number of halogens is 1. The average Bonchev–Trinajstić information content (AvgIpc) is 3.27. The van der Waals surface area contributed by atoms with Gasteiger partial charge in [-0.2, -0.15) is 5.10 Å².